The molecule has 1 saturated heterocycles. The molecule has 7 nitrogen and oxygen atoms in total. The topological polar surface area (TPSA) is 86.8 Å². The van der Waals surface area contributed by atoms with Crippen molar-refractivity contribution >= 4 is 11.7 Å². The number of amides is 1. The second kappa shape index (κ2) is 5.63. The summed E-state index contributed by atoms with van der Waals surface area (Å²) in [6, 6.07) is 3.74. The lowest BCUT2D eigenvalue weighted by Crippen LogP contribution is -2.25. The molecule has 106 valence electrons. The van der Waals surface area contributed by atoms with Crippen LogP contribution in [0.2, 0.25) is 0 Å². The quantitative estimate of drug-likeness (QED) is 0.849. The van der Waals surface area contributed by atoms with Gasteiger partial charge in [-0.1, -0.05) is 0 Å². The van der Waals surface area contributed by atoms with Gasteiger partial charge in [0.15, 0.2) is 12.0 Å². The fraction of sp³-hybridized carbons (Fsp3) is 0.286. The van der Waals surface area contributed by atoms with E-state index in [1.54, 1.807) is 34.4 Å². The average molecular weight is 282 g/mol. The van der Waals surface area contributed by atoms with E-state index in [2.05, 4.69) is 21.5 Å². The summed E-state index contributed by atoms with van der Waals surface area (Å²) >= 11 is 0. The summed E-state index contributed by atoms with van der Waals surface area (Å²) in [4.78, 5) is 21.9. The van der Waals surface area contributed by atoms with Crippen LogP contribution in [0.1, 0.15) is 6.42 Å². The number of carbonyl (C=O) groups excluding carboxylic acids is 1. The molecule has 1 aliphatic rings. The zero-order chi connectivity index (χ0) is 14.7. The van der Waals surface area contributed by atoms with Crippen molar-refractivity contribution in [1.82, 2.24) is 19.4 Å². The molecule has 0 saturated carbocycles. The van der Waals surface area contributed by atoms with Gasteiger partial charge < -0.3 is 14.8 Å². The maximum atomic E-state index is 12.1. The van der Waals surface area contributed by atoms with E-state index in [-0.39, 0.29) is 11.8 Å². The number of rotatable bonds is 3. The Morgan fingerprint density at radius 2 is 2.43 bits per heavy atom. The lowest BCUT2D eigenvalue weighted by atomic mass is 10.1. The Labute approximate surface area is 121 Å². The first kappa shape index (κ1) is 13.1. The van der Waals surface area contributed by atoms with Gasteiger partial charge in [0.25, 0.3) is 0 Å². The molecule has 3 heterocycles. The highest BCUT2D eigenvalue weighted by Gasteiger charge is 2.28. The van der Waals surface area contributed by atoms with Crippen molar-refractivity contribution in [3.8, 4) is 11.9 Å². The largest absolute Gasteiger partial charge is 0.310 e. The smallest absolute Gasteiger partial charge is 0.230 e. The van der Waals surface area contributed by atoms with Crippen LogP contribution in [0.5, 0.6) is 0 Å². The van der Waals surface area contributed by atoms with Gasteiger partial charge in [0.2, 0.25) is 5.91 Å². The third kappa shape index (κ3) is 2.84. The summed E-state index contributed by atoms with van der Waals surface area (Å²) in [6.45, 7) is 1.12. The Morgan fingerprint density at radius 3 is 3.14 bits per heavy atom. The molecule has 0 aliphatic carbocycles. The van der Waals surface area contributed by atoms with Crippen LogP contribution in [0, 0.1) is 17.4 Å². The summed E-state index contributed by atoms with van der Waals surface area (Å²) in [6.07, 6.45) is 9.55. The fourth-order valence-electron chi connectivity index (χ4n) is 2.33. The summed E-state index contributed by atoms with van der Waals surface area (Å²) in [5.74, 6) is 0.247. The Kier molecular flexibility index (Phi) is 3.51. The molecule has 3 rings (SSSR count). The molecule has 1 amide bonds. The highest BCUT2D eigenvalue weighted by atomic mass is 16.2. The molecule has 1 atom stereocenters. The van der Waals surface area contributed by atoms with E-state index < -0.39 is 0 Å². The van der Waals surface area contributed by atoms with Crippen molar-refractivity contribution in [2.75, 3.05) is 18.4 Å². The molecule has 0 bridgehead atoms. The van der Waals surface area contributed by atoms with Gasteiger partial charge in [-0.05, 0) is 18.6 Å². The molecule has 1 N–H and O–H groups in total. The average Bonchev–Trinajstić information content (AvgIpc) is 3.17. The lowest BCUT2D eigenvalue weighted by molar-refractivity contribution is -0.119. The Morgan fingerprint density at radius 1 is 1.52 bits per heavy atom. The summed E-state index contributed by atoms with van der Waals surface area (Å²) < 4.78 is 1.79. The van der Waals surface area contributed by atoms with Crippen LogP contribution >= 0.6 is 0 Å². The van der Waals surface area contributed by atoms with Crippen molar-refractivity contribution in [3.05, 3.63) is 37.1 Å². The van der Waals surface area contributed by atoms with E-state index in [1.807, 2.05) is 12.1 Å². The molecule has 0 radical (unpaired) electrons. The minimum absolute atomic E-state index is 0.0933. The predicted molar refractivity (Wildman–Crippen MR) is 75.3 cm³/mol. The Balaban J connectivity index is 1.65. The second-order valence-electron chi connectivity index (χ2n) is 4.90. The monoisotopic (exact) mass is 282 g/mol. The van der Waals surface area contributed by atoms with Crippen LogP contribution in [0.25, 0.3) is 5.69 Å². The SMILES string of the molecule is N#CN1CC[C@H](C(=O)Nc2cn(-c3cccnc3)cn2)C1. The second-order valence-corrected chi connectivity index (χ2v) is 4.90. The van der Waals surface area contributed by atoms with Crippen molar-refractivity contribution < 1.29 is 4.79 Å². The standard InChI is InChI=1S/C14H14N6O/c15-9-19-5-3-11(7-19)14(21)18-13-8-20(10-17-13)12-2-1-4-16-6-12/h1-2,4,6,8,10-11H,3,5,7H2,(H,18,21)/t11-/m0/s1. The van der Waals surface area contributed by atoms with Crippen molar-refractivity contribution in [2.45, 2.75) is 6.42 Å². The van der Waals surface area contributed by atoms with E-state index in [9.17, 15) is 4.79 Å². The molecule has 2 aromatic heterocycles. The van der Waals surface area contributed by atoms with Crippen molar-refractivity contribution in [1.29, 1.82) is 5.26 Å². The van der Waals surface area contributed by atoms with E-state index in [0.29, 0.717) is 25.3 Å². The summed E-state index contributed by atoms with van der Waals surface area (Å²) in [5, 5.41) is 11.6. The highest BCUT2D eigenvalue weighted by Crippen LogP contribution is 2.17. The van der Waals surface area contributed by atoms with Crippen molar-refractivity contribution in [3.63, 3.8) is 0 Å². The number of likely N-dealkylation sites (tertiary alicyclic amines) is 1. The Hall–Kier alpha value is -2.88. The van der Waals surface area contributed by atoms with E-state index in [1.165, 1.54) is 0 Å². The van der Waals surface area contributed by atoms with Gasteiger partial charge in [-0.15, -0.1) is 0 Å². The number of nitrogens with one attached hydrogen (secondary N) is 1. The molecular weight excluding hydrogens is 268 g/mol. The van der Waals surface area contributed by atoms with Crippen LogP contribution in [-0.2, 0) is 4.79 Å². The molecule has 21 heavy (non-hydrogen) atoms. The number of imidazole rings is 1. The summed E-state index contributed by atoms with van der Waals surface area (Å²) in [7, 11) is 0. The third-order valence-corrected chi connectivity index (χ3v) is 3.48. The van der Waals surface area contributed by atoms with Crippen LogP contribution in [0.4, 0.5) is 5.82 Å². The highest BCUT2D eigenvalue weighted by molar-refractivity contribution is 5.92. The van der Waals surface area contributed by atoms with Gasteiger partial charge >= 0.3 is 0 Å². The Bertz CT molecular complexity index is 674. The number of anilines is 1. The molecule has 1 aliphatic heterocycles. The van der Waals surface area contributed by atoms with Crippen LogP contribution in [0.15, 0.2) is 37.1 Å². The zero-order valence-corrected chi connectivity index (χ0v) is 11.3. The molecule has 0 spiro atoms. The molecule has 2 aromatic rings. The number of nitrogens with zero attached hydrogens (tertiary/aromatic N) is 5. The van der Waals surface area contributed by atoms with Crippen LogP contribution in [0.3, 0.4) is 0 Å². The van der Waals surface area contributed by atoms with E-state index in [0.717, 1.165) is 5.69 Å². The molecule has 0 aromatic carbocycles. The van der Waals surface area contributed by atoms with E-state index in [4.69, 9.17) is 5.26 Å². The first-order valence-corrected chi connectivity index (χ1v) is 6.66. The van der Waals surface area contributed by atoms with Gasteiger partial charge in [0, 0.05) is 19.3 Å². The predicted octanol–water partition coefficient (Wildman–Crippen LogP) is 1.01. The van der Waals surface area contributed by atoms with Crippen LogP contribution < -0.4 is 5.32 Å². The van der Waals surface area contributed by atoms with Gasteiger partial charge in [-0.25, -0.2) is 4.98 Å². The maximum Gasteiger partial charge on any atom is 0.230 e. The first-order chi connectivity index (χ1) is 10.3. The summed E-state index contributed by atoms with van der Waals surface area (Å²) in [5.41, 5.74) is 0.877. The van der Waals surface area contributed by atoms with Gasteiger partial charge in [0.1, 0.15) is 6.33 Å². The lowest BCUT2D eigenvalue weighted by Gasteiger charge is -2.08. The maximum absolute atomic E-state index is 12.1. The molecule has 7 heteroatoms. The fourth-order valence-corrected chi connectivity index (χ4v) is 2.33. The zero-order valence-electron chi connectivity index (χ0n) is 11.3. The number of carbonyl (C=O) groups is 1. The van der Waals surface area contributed by atoms with Crippen molar-refractivity contribution in [2.24, 2.45) is 5.92 Å². The number of hydrogen-bond acceptors (Lipinski definition) is 5. The normalized spacial score (nSPS) is 17.5. The van der Waals surface area contributed by atoms with Gasteiger partial charge in [-0.2, -0.15) is 5.26 Å². The third-order valence-electron chi connectivity index (χ3n) is 3.48. The van der Waals surface area contributed by atoms with E-state index >= 15 is 0 Å². The molecular formula is C14H14N6O. The number of hydrogen-bond donors (Lipinski definition) is 1. The molecule has 1 fully saturated rings. The van der Waals surface area contributed by atoms with Gasteiger partial charge in [-0.3, -0.25) is 9.78 Å². The van der Waals surface area contributed by atoms with Gasteiger partial charge in [0.05, 0.1) is 24.0 Å². The van der Waals surface area contributed by atoms with Crippen LogP contribution in [-0.4, -0.2) is 38.4 Å². The number of nitriles is 1. The molecule has 0 unspecified atom stereocenters. The minimum Gasteiger partial charge on any atom is -0.310 e. The minimum atomic E-state index is -0.159. The number of pyridine rings is 1. The number of aromatic nitrogens is 3. The first-order valence-electron chi connectivity index (χ1n) is 6.66.